The van der Waals surface area contributed by atoms with Crippen LogP contribution in [0.15, 0.2) is 63.6 Å². The third-order valence-corrected chi connectivity index (χ3v) is 7.75. The maximum absolute atomic E-state index is 13.6. The molecule has 0 unspecified atom stereocenters. The highest BCUT2D eigenvalue weighted by Gasteiger charge is 2.24. The third kappa shape index (κ3) is 4.64. The highest BCUT2D eigenvalue weighted by molar-refractivity contribution is 7.99. The predicted molar refractivity (Wildman–Crippen MR) is 135 cm³/mol. The molecule has 1 aliphatic rings. The van der Waals surface area contributed by atoms with Gasteiger partial charge in [0.05, 0.1) is 23.0 Å². The van der Waals surface area contributed by atoms with Gasteiger partial charge in [0.2, 0.25) is 0 Å². The summed E-state index contributed by atoms with van der Waals surface area (Å²) in [6, 6.07) is 12.8. The Kier molecular flexibility index (Phi) is 6.49. The minimum absolute atomic E-state index is 0.00286. The van der Waals surface area contributed by atoms with E-state index >= 15 is 0 Å². The normalized spacial score (nSPS) is 13.0. The SMILES string of the molecule is O=C(CSc1nc2sc3c(c2c(=O)n1-c1ccc(Cl)cc1)CCC3)NN=Cc1cccc(F)c1. The summed E-state index contributed by atoms with van der Waals surface area (Å²) in [5, 5.41) is 5.53. The smallest absolute Gasteiger partial charge is 0.267 e. The van der Waals surface area contributed by atoms with Crippen LogP contribution in [-0.2, 0) is 17.6 Å². The summed E-state index contributed by atoms with van der Waals surface area (Å²) in [6.45, 7) is 0. The van der Waals surface area contributed by atoms with Gasteiger partial charge < -0.3 is 0 Å². The lowest BCUT2D eigenvalue weighted by Gasteiger charge is -2.12. The number of aromatic nitrogens is 2. The van der Waals surface area contributed by atoms with Gasteiger partial charge >= 0.3 is 0 Å². The quantitative estimate of drug-likeness (QED) is 0.171. The minimum Gasteiger partial charge on any atom is -0.272 e. The second kappa shape index (κ2) is 9.69. The van der Waals surface area contributed by atoms with Crippen LogP contribution in [0.1, 0.15) is 22.4 Å². The number of thioether (sulfide) groups is 1. The highest BCUT2D eigenvalue weighted by Crippen LogP contribution is 2.36. The Morgan fingerprint density at radius 1 is 1.26 bits per heavy atom. The summed E-state index contributed by atoms with van der Waals surface area (Å²) in [7, 11) is 0. The van der Waals surface area contributed by atoms with Gasteiger partial charge in [-0.2, -0.15) is 5.10 Å². The fourth-order valence-electron chi connectivity index (χ4n) is 3.87. The van der Waals surface area contributed by atoms with E-state index in [2.05, 4.69) is 10.5 Å². The van der Waals surface area contributed by atoms with Crippen molar-refractivity contribution in [1.82, 2.24) is 15.0 Å². The molecule has 5 rings (SSSR count). The number of nitrogens with one attached hydrogen (secondary N) is 1. The molecule has 10 heteroatoms. The highest BCUT2D eigenvalue weighted by atomic mass is 35.5. The molecule has 6 nitrogen and oxygen atoms in total. The molecule has 0 saturated heterocycles. The molecule has 2 aromatic heterocycles. The number of halogens is 2. The van der Waals surface area contributed by atoms with Crippen molar-refractivity contribution in [3.63, 3.8) is 0 Å². The van der Waals surface area contributed by atoms with Gasteiger partial charge in [0.1, 0.15) is 10.6 Å². The topological polar surface area (TPSA) is 76.3 Å². The van der Waals surface area contributed by atoms with Crippen LogP contribution in [0.5, 0.6) is 0 Å². The number of hydrogen-bond donors (Lipinski definition) is 1. The van der Waals surface area contributed by atoms with Crippen LogP contribution in [0.25, 0.3) is 15.9 Å². The summed E-state index contributed by atoms with van der Waals surface area (Å²) in [6.07, 6.45) is 4.26. The molecule has 0 saturated carbocycles. The van der Waals surface area contributed by atoms with E-state index in [9.17, 15) is 14.0 Å². The van der Waals surface area contributed by atoms with Crippen molar-refractivity contribution >= 4 is 57.0 Å². The van der Waals surface area contributed by atoms with E-state index in [-0.39, 0.29) is 23.0 Å². The van der Waals surface area contributed by atoms with Gasteiger partial charge in [0, 0.05) is 9.90 Å². The molecule has 4 aromatic rings. The number of fused-ring (bicyclic) bond motifs is 3. The summed E-state index contributed by atoms with van der Waals surface area (Å²) < 4.78 is 14.8. The molecule has 172 valence electrons. The van der Waals surface area contributed by atoms with E-state index in [0.29, 0.717) is 31.6 Å². The van der Waals surface area contributed by atoms with Gasteiger partial charge in [-0.05, 0) is 66.8 Å². The van der Waals surface area contributed by atoms with E-state index in [1.54, 1.807) is 47.7 Å². The number of amides is 1. The summed E-state index contributed by atoms with van der Waals surface area (Å²) in [5.41, 5.74) is 4.55. The van der Waals surface area contributed by atoms with Crippen molar-refractivity contribution < 1.29 is 9.18 Å². The summed E-state index contributed by atoms with van der Waals surface area (Å²) in [4.78, 5) is 32.6. The van der Waals surface area contributed by atoms with Crippen LogP contribution < -0.4 is 11.0 Å². The van der Waals surface area contributed by atoms with Crippen molar-refractivity contribution in [3.8, 4) is 5.69 Å². The molecule has 0 aliphatic heterocycles. The van der Waals surface area contributed by atoms with Crippen LogP contribution in [0.3, 0.4) is 0 Å². The lowest BCUT2D eigenvalue weighted by Crippen LogP contribution is -2.24. The molecular weight excluding hydrogens is 495 g/mol. The zero-order valence-corrected chi connectivity index (χ0v) is 20.1. The van der Waals surface area contributed by atoms with Crippen LogP contribution in [0.2, 0.25) is 5.02 Å². The molecule has 1 aliphatic carbocycles. The Balaban J connectivity index is 1.42. The average Bonchev–Trinajstić information content (AvgIpc) is 3.40. The maximum Gasteiger partial charge on any atom is 0.267 e. The molecule has 0 bridgehead atoms. The van der Waals surface area contributed by atoms with Crippen LogP contribution in [-0.4, -0.2) is 27.4 Å². The number of thiophene rings is 1. The Labute approximate surface area is 207 Å². The Morgan fingerprint density at radius 3 is 2.88 bits per heavy atom. The standard InChI is InChI=1S/C24H18ClFN4O2S2/c25-15-7-9-17(10-8-15)30-23(32)21-18-5-2-6-19(18)34-22(21)28-24(30)33-13-20(31)29-27-12-14-3-1-4-16(26)11-14/h1,3-4,7-12H,2,5-6,13H2,(H,29,31). The van der Waals surface area contributed by atoms with Crippen molar-refractivity contribution in [3.05, 3.63) is 85.7 Å². The lowest BCUT2D eigenvalue weighted by molar-refractivity contribution is -0.118. The molecule has 0 spiro atoms. The second-order valence-electron chi connectivity index (χ2n) is 7.69. The largest absolute Gasteiger partial charge is 0.272 e. The summed E-state index contributed by atoms with van der Waals surface area (Å²) in [5.74, 6) is -0.757. The molecular formula is C24H18ClFN4O2S2. The van der Waals surface area contributed by atoms with Gasteiger partial charge in [0.25, 0.3) is 11.5 Å². The molecule has 1 amide bonds. The Morgan fingerprint density at radius 2 is 2.09 bits per heavy atom. The minimum atomic E-state index is -0.382. The van der Waals surface area contributed by atoms with E-state index in [0.717, 1.165) is 36.6 Å². The van der Waals surface area contributed by atoms with Crippen LogP contribution in [0, 0.1) is 5.82 Å². The number of aryl methyl sites for hydroxylation is 2. The first kappa shape index (κ1) is 22.8. The van der Waals surface area contributed by atoms with Gasteiger partial charge in [-0.15, -0.1) is 11.3 Å². The fraction of sp³-hybridized carbons (Fsp3) is 0.167. The van der Waals surface area contributed by atoms with E-state index < -0.39 is 0 Å². The maximum atomic E-state index is 13.6. The van der Waals surface area contributed by atoms with Crippen LogP contribution in [0.4, 0.5) is 4.39 Å². The third-order valence-electron chi connectivity index (χ3n) is 5.38. The average molecular weight is 513 g/mol. The van der Waals surface area contributed by atoms with E-state index in [1.165, 1.54) is 27.8 Å². The van der Waals surface area contributed by atoms with Gasteiger partial charge in [-0.1, -0.05) is 35.5 Å². The molecule has 1 N–H and O–H groups in total. The number of carbonyl (C=O) groups excluding carboxylic acids is 1. The van der Waals surface area contributed by atoms with Gasteiger partial charge in [-0.25, -0.2) is 14.8 Å². The Hall–Kier alpha value is -3.01. The molecule has 34 heavy (non-hydrogen) atoms. The molecule has 0 fully saturated rings. The lowest BCUT2D eigenvalue weighted by atomic mass is 10.2. The number of benzene rings is 2. The number of hydrogen-bond acceptors (Lipinski definition) is 6. The van der Waals surface area contributed by atoms with Crippen molar-refractivity contribution in [2.24, 2.45) is 5.10 Å². The monoisotopic (exact) mass is 512 g/mol. The number of hydrazone groups is 1. The predicted octanol–water partition coefficient (Wildman–Crippen LogP) is 4.97. The number of nitrogens with zero attached hydrogens (tertiary/aromatic N) is 3. The van der Waals surface area contributed by atoms with Gasteiger partial charge in [0.15, 0.2) is 5.16 Å². The van der Waals surface area contributed by atoms with Crippen LogP contribution >= 0.6 is 34.7 Å². The first-order valence-electron chi connectivity index (χ1n) is 10.5. The molecule has 0 radical (unpaired) electrons. The number of rotatable bonds is 6. The van der Waals surface area contributed by atoms with Crippen molar-refractivity contribution in [2.45, 2.75) is 24.4 Å². The van der Waals surface area contributed by atoms with E-state index in [1.807, 2.05) is 0 Å². The first-order chi connectivity index (χ1) is 16.5. The zero-order chi connectivity index (χ0) is 23.7. The zero-order valence-electron chi connectivity index (χ0n) is 17.8. The van der Waals surface area contributed by atoms with Crippen molar-refractivity contribution in [1.29, 1.82) is 0 Å². The molecule has 2 aromatic carbocycles. The van der Waals surface area contributed by atoms with Crippen molar-refractivity contribution in [2.75, 3.05) is 5.75 Å². The van der Waals surface area contributed by atoms with E-state index in [4.69, 9.17) is 16.6 Å². The Bertz CT molecular complexity index is 1480. The number of carbonyl (C=O) groups is 1. The molecule has 2 heterocycles. The molecule has 0 atom stereocenters. The fourth-order valence-corrected chi connectivity index (χ4v) is 6.10. The van der Waals surface area contributed by atoms with Gasteiger partial charge in [-0.3, -0.25) is 14.2 Å². The second-order valence-corrected chi connectivity index (χ2v) is 10.1. The summed E-state index contributed by atoms with van der Waals surface area (Å²) >= 11 is 8.75. The first-order valence-corrected chi connectivity index (χ1v) is 12.7.